The summed E-state index contributed by atoms with van der Waals surface area (Å²) in [5, 5.41) is 8.74. The van der Waals surface area contributed by atoms with Crippen molar-refractivity contribution in [3.8, 4) is 0 Å². The molecule has 19 heavy (non-hydrogen) atoms. The summed E-state index contributed by atoms with van der Waals surface area (Å²) in [6, 6.07) is 5.09. The molecule has 0 spiro atoms. The van der Waals surface area contributed by atoms with Gasteiger partial charge in [0.15, 0.2) is 0 Å². The number of carboxylic acid groups (broad SMARTS) is 1. The van der Waals surface area contributed by atoms with E-state index in [0.29, 0.717) is 6.61 Å². The summed E-state index contributed by atoms with van der Waals surface area (Å²) in [6.45, 7) is 0.905. The van der Waals surface area contributed by atoms with Gasteiger partial charge in [0.1, 0.15) is 0 Å². The van der Waals surface area contributed by atoms with Gasteiger partial charge in [0.25, 0.3) is 0 Å². The van der Waals surface area contributed by atoms with Gasteiger partial charge in [-0.05, 0) is 37.1 Å². The van der Waals surface area contributed by atoms with Crippen molar-refractivity contribution in [3.05, 3.63) is 29.8 Å². The molecule has 1 heterocycles. The molecule has 0 unspecified atom stereocenters. The Labute approximate surface area is 111 Å². The lowest BCUT2D eigenvalue weighted by Gasteiger charge is -2.11. The van der Waals surface area contributed by atoms with E-state index < -0.39 is 16.0 Å². The highest BCUT2D eigenvalue weighted by Gasteiger charge is 2.20. The van der Waals surface area contributed by atoms with Gasteiger partial charge >= 0.3 is 5.97 Å². The van der Waals surface area contributed by atoms with Gasteiger partial charge in [0.2, 0.25) is 10.0 Å². The fraction of sp³-hybridized carbons (Fsp3) is 0.417. The summed E-state index contributed by atoms with van der Waals surface area (Å²) in [6.07, 6.45) is 1.72. The summed E-state index contributed by atoms with van der Waals surface area (Å²) in [5.41, 5.74) is 0.0538. The third-order valence-corrected chi connectivity index (χ3v) is 4.38. The van der Waals surface area contributed by atoms with Crippen LogP contribution in [0.3, 0.4) is 0 Å². The third kappa shape index (κ3) is 3.52. The Bertz CT molecular complexity index is 546. The summed E-state index contributed by atoms with van der Waals surface area (Å²) in [7, 11) is -3.61. The van der Waals surface area contributed by atoms with Gasteiger partial charge in [-0.3, -0.25) is 0 Å². The molecule has 2 rings (SSSR count). The molecular formula is C12H15NO5S. The minimum atomic E-state index is -3.61. The van der Waals surface area contributed by atoms with Crippen molar-refractivity contribution < 1.29 is 23.1 Å². The number of sulfonamides is 1. The SMILES string of the molecule is O=C(O)c1ccc(S(=O)(=O)NC[C@@H]2CCCO2)cc1. The quantitative estimate of drug-likeness (QED) is 0.836. The summed E-state index contributed by atoms with van der Waals surface area (Å²) < 4.78 is 31.7. The molecule has 1 aromatic carbocycles. The van der Waals surface area contributed by atoms with Crippen LogP contribution < -0.4 is 4.72 Å². The Balaban J connectivity index is 2.03. The lowest BCUT2D eigenvalue weighted by atomic mass is 10.2. The van der Waals surface area contributed by atoms with Gasteiger partial charge in [-0.25, -0.2) is 17.9 Å². The topological polar surface area (TPSA) is 92.7 Å². The zero-order valence-electron chi connectivity index (χ0n) is 10.2. The van der Waals surface area contributed by atoms with Crippen LogP contribution in [-0.2, 0) is 14.8 Å². The number of nitrogens with one attached hydrogen (secondary N) is 1. The van der Waals surface area contributed by atoms with Crippen molar-refractivity contribution in [2.75, 3.05) is 13.2 Å². The lowest BCUT2D eigenvalue weighted by Crippen LogP contribution is -2.31. The first-order chi connectivity index (χ1) is 8.99. The lowest BCUT2D eigenvalue weighted by molar-refractivity contribution is 0.0696. The Hall–Kier alpha value is -1.44. The molecule has 0 radical (unpaired) electrons. The molecule has 0 aliphatic carbocycles. The van der Waals surface area contributed by atoms with Crippen LogP contribution in [0.25, 0.3) is 0 Å². The fourth-order valence-corrected chi connectivity index (χ4v) is 2.93. The van der Waals surface area contributed by atoms with E-state index in [-0.39, 0.29) is 23.1 Å². The van der Waals surface area contributed by atoms with Crippen molar-refractivity contribution in [2.45, 2.75) is 23.8 Å². The maximum atomic E-state index is 12.0. The zero-order valence-corrected chi connectivity index (χ0v) is 11.0. The Kier molecular flexibility index (Phi) is 4.18. The third-order valence-electron chi connectivity index (χ3n) is 2.94. The summed E-state index contributed by atoms with van der Waals surface area (Å²) >= 11 is 0. The van der Waals surface area contributed by atoms with Crippen LogP contribution in [0.1, 0.15) is 23.2 Å². The minimum absolute atomic E-state index is 0.0514. The second kappa shape index (κ2) is 5.68. The normalized spacial score (nSPS) is 19.5. The van der Waals surface area contributed by atoms with E-state index in [1.54, 1.807) is 0 Å². The molecule has 1 atom stereocenters. The van der Waals surface area contributed by atoms with E-state index in [0.717, 1.165) is 12.8 Å². The molecule has 1 aliphatic rings. The molecule has 7 heteroatoms. The van der Waals surface area contributed by atoms with Crippen molar-refractivity contribution in [1.29, 1.82) is 0 Å². The van der Waals surface area contributed by atoms with E-state index in [9.17, 15) is 13.2 Å². The second-order valence-electron chi connectivity index (χ2n) is 4.32. The van der Waals surface area contributed by atoms with Crippen molar-refractivity contribution >= 4 is 16.0 Å². The average molecular weight is 285 g/mol. The molecule has 1 aromatic rings. The molecular weight excluding hydrogens is 270 g/mol. The van der Waals surface area contributed by atoms with Gasteiger partial charge in [-0.2, -0.15) is 0 Å². The van der Waals surface area contributed by atoms with E-state index in [2.05, 4.69) is 4.72 Å². The van der Waals surface area contributed by atoms with Crippen molar-refractivity contribution in [2.24, 2.45) is 0 Å². The molecule has 2 N–H and O–H groups in total. The van der Waals surface area contributed by atoms with E-state index in [4.69, 9.17) is 9.84 Å². The number of carbonyl (C=O) groups is 1. The first-order valence-electron chi connectivity index (χ1n) is 5.94. The minimum Gasteiger partial charge on any atom is -0.478 e. The smallest absolute Gasteiger partial charge is 0.335 e. The number of hydrogen-bond acceptors (Lipinski definition) is 4. The van der Waals surface area contributed by atoms with E-state index >= 15 is 0 Å². The molecule has 0 aromatic heterocycles. The van der Waals surface area contributed by atoms with Crippen LogP contribution in [0.2, 0.25) is 0 Å². The molecule has 104 valence electrons. The molecule has 1 aliphatic heterocycles. The number of carboxylic acids is 1. The Morgan fingerprint density at radius 3 is 2.58 bits per heavy atom. The highest BCUT2D eigenvalue weighted by molar-refractivity contribution is 7.89. The largest absolute Gasteiger partial charge is 0.478 e. The predicted molar refractivity (Wildman–Crippen MR) is 67.6 cm³/mol. The summed E-state index contributed by atoms with van der Waals surface area (Å²) in [4.78, 5) is 10.7. The van der Waals surface area contributed by atoms with Crippen LogP contribution in [0.5, 0.6) is 0 Å². The Morgan fingerprint density at radius 1 is 1.37 bits per heavy atom. The van der Waals surface area contributed by atoms with Crippen LogP contribution in [0.15, 0.2) is 29.2 Å². The highest BCUT2D eigenvalue weighted by Crippen LogP contribution is 2.14. The maximum absolute atomic E-state index is 12.0. The van der Waals surface area contributed by atoms with Crippen molar-refractivity contribution in [3.63, 3.8) is 0 Å². The van der Waals surface area contributed by atoms with Crippen LogP contribution in [0, 0.1) is 0 Å². The average Bonchev–Trinajstić information content (AvgIpc) is 2.90. The second-order valence-corrected chi connectivity index (χ2v) is 6.08. The Morgan fingerprint density at radius 2 is 2.05 bits per heavy atom. The number of ether oxygens (including phenoxy) is 1. The van der Waals surface area contributed by atoms with Crippen LogP contribution in [-0.4, -0.2) is 38.7 Å². The predicted octanol–water partition coefficient (Wildman–Crippen LogP) is 0.842. The van der Waals surface area contributed by atoms with Gasteiger partial charge < -0.3 is 9.84 Å². The number of rotatable bonds is 5. The first kappa shape index (κ1) is 14.0. The molecule has 1 fully saturated rings. The maximum Gasteiger partial charge on any atom is 0.335 e. The van der Waals surface area contributed by atoms with Gasteiger partial charge in [0, 0.05) is 13.2 Å². The zero-order chi connectivity index (χ0) is 13.9. The highest BCUT2D eigenvalue weighted by atomic mass is 32.2. The van der Waals surface area contributed by atoms with Gasteiger partial charge in [0.05, 0.1) is 16.6 Å². The standard InChI is InChI=1S/C12H15NO5S/c14-12(15)9-3-5-11(6-4-9)19(16,17)13-8-10-2-1-7-18-10/h3-6,10,13H,1-2,7-8H2,(H,14,15)/t10-/m0/s1. The van der Waals surface area contributed by atoms with E-state index in [1.807, 2.05) is 0 Å². The van der Waals surface area contributed by atoms with Crippen LogP contribution >= 0.6 is 0 Å². The van der Waals surface area contributed by atoms with E-state index in [1.165, 1.54) is 24.3 Å². The van der Waals surface area contributed by atoms with Gasteiger partial charge in [-0.1, -0.05) is 0 Å². The van der Waals surface area contributed by atoms with Crippen molar-refractivity contribution in [1.82, 2.24) is 4.72 Å². The number of hydrogen-bond donors (Lipinski definition) is 2. The molecule has 1 saturated heterocycles. The molecule has 0 amide bonds. The monoisotopic (exact) mass is 285 g/mol. The molecule has 0 bridgehead atoms. The molecule has 6 nitrogen and oxygen atoms in total. The number of aromatic carboxylic acids is 1. The number of benzene rings is 1. The van der Waals surface area contributed by atoms with Gasteiger partial charge in [-0.15, -0.1) is 0 Å². The van der Waals surface area contributed by atoms with Crippen LogP contribution in [0.4, 0.5) is 0 Å². The summed E-state index contributed by atoms with van der Waals surface area (Å²) in [5.74, 6) is -1.09. The molecule has 0 saturated carbocycles. The first-order valence-corrected chi connectivity index (χ1v) is 7.42. The fourth-order valence-electron chi connectivity index (χ4n) is 1.87.